The minimum Gasteiger partial charge on any atom is -0.294 e. The third-order valence-electron chi connectivity index (χ3n) is 2.45. The highest BCUT2D eigenvalue weighted by atomic mass is 79.9. The third kappa shape index (κ3) is 3.04. The van der Waals surface area contributed by atoms with E-state index in [4.69, 9.17) is 0 Å². The summed E-state index contributed by atoms with van der Waals surface area (Å²) < 4.78 is 38.2. The van der Waals surface area contributed by atoms with E-state index in [1.807, 2.05) is 6.07 Å². The van der Waals surface area contributed by atoms with Gasteiger partial charge in [0.15, 0.2) is 5.69 Å². The van der Waals surface area contributed by atoms with E-state index in [0.29, 0.717) is 0 Å². The van der Waals surface area contributed by atoms with Crippen molar-refractivity contribution in [2.24, 2.45) is 0 Å². The summed E-state index contributed by atoms with van der Waals surface area (Å²) in [5.74, 6) is 0. The highest BCUT2D eigenvalue weighted by Crippen LogP contribution is 2.30. The molecule has 0 saturated heterocycles. The maximum atomic E-state index is 12.5. The molecule has 2 rings (SSSR count). The number of hydrogen-bond acceptors (Lipinski definition) is 2. The van der Waals surface area contributed by atoms with Crippen LogP contribution in [0.1, 0.15) is 11.3 Å². The average Bonchev–Trinajstić information content (AvgIpc) is 2.35. The molecule has 0 bridgehead atoms. The normalized spacial score (nSPS) is 11.6. The summed E-state index contributed by atoms with van der Waals surface area (Å²) in [5.41, 5.74) is -1.16. The summed E-state index contributed by atoms with van der Waals surface area (Å²) >= 11 is 2.66. The second-order valence-corrected chi connectivity index (χ2v) is 4.62. The number of halogens is 4. The predicted molar refractivity (Wildman–Crippen MR) is 66.7 cm³/mol. The minimum atomic E-state index is -4.65. The van der Waals surface area contributed by atoms with Crippen LogP contribution in [0.15, 0.2) is 45.9 Å². The van der Waals surface area contributed by atoms with Gasteiger partial charge in [0.1, 0.15) is 4.47 Å². The third-order valence-corrected chi connectivity index (χ3v) is 3.16. The van der Waals surface area contributed by atoms with Crippen molar-refractivity contribution in [3.05, 3.63) is 62.7 Å². The van der Waals surface area contributed by atoms with Crippen LogP contribution in [0.4, 0.5) is 13.2 Å². The Labute approximate surface area is 114 Å². The van der Waals surface area contributed by atoms with Gasteiger partial charge in [-0.2, -0.15) is 13.2 Å². The molecule has 7 heteroatoms. The molecule has 2 aromatic rings. The Hall–Kier alpha value is -1.63. The molecule has 19 heavy (non-hydrogen) atoms. The van der Waals surface area contributed by atoms with Gasteiger partial charge >= 0.3 is 6.18 Å². The van der Waals surface area contributed by atoms with Crippen LogP contribution in [0.3, 0.4) is 0 Å². The molecule has 1 aromatic carbocycles. The van der Waals surface area contributed by atoms with E-state index in [1.54, 1.807) is 24.3 Å². The summed E-state index contributed by atoms with van der Waals surface area (Å²) in [5, 5.41) is 0. The van der Waals surface area contributed by atoms with E-state index in [1.165, 1.54) is 0 Å². The van der Waals surface area contributed by atoms with Crippen molar-refractivity contribution in [3.63, 3.8) is 0 Å². The fourth-order valence-electron chi connectivity index (χ4n) is 1.55. The summed E-state index contributed by atoms with van der Waals surface area (Å²) in [7, 11) is 0. The first kappa shape index (κ1) is 13.8. The Morgan fingerprint density at radius 2 is 1.84 bits per heavy atom. The van der Waals surface area contributed by atoms with Crippen molar-refractivity contribution < 1.29 is 13.2 Å². The molecule has 1 aromatic heterocycles. The summed E-state index contributed by atoms with van der Waals surface area (Å²) in [4.78, 5) is 15.1. The van der Waals surface area contributed by atoms with Gasteiger partial charge in [0.2, 0.25) is 0 Å². The fraction of sp³-hybridized carbons (Fsp3) is 0.167. The Morgan fingerprint density at radius 3 is 2.42 bits per heavy atom. The van der Waals surface area contributed by atoms with E-state index in [2.05, 4.69) is 20.9 Å². The smallest absolute Gasteiger partial charge is 0.294 e. The lowest BCUT2D eigenvalue weighted by atomic mass is 10.2. The number of hydrogen-bond donors (Lipinski definition) is 0. The lowest BCUT2D eigenvalue weighted by molar-refractivity contribution is -0.142. The van der Waals surface area contributed by atoms with Gasteiger partial charge in [-0.05, 0) is 21.5 Å². The highest BCUT2D eigenvalue weighted by molar-refractivity contribution is 9.10. The number of benzene rings is 1. The Bertz CT molecular complexity index is 638. The molecular weight excluding hydrogens is 325 g/mol. The van der Waals surface area contributed by atoms with E-state index in [-0.39, 0.29) is 6.54 Å². The fourth-order valence-corrected chi connectivity index (χ4v) is 2.11. The van der Waals surface area contributed by atoms with E-state index in [0.717, 1.165) is 16.5 Å². The Kier molecular flexibility index (Phi) is 3.75. The number of alkyl halides is 3. The first-order chi connectivity index (χ1) is 8.89. The van der Waals surface area contributed by atoms with Gasteiger partial charge in [-0.3, -0.25) is 9.36 Å². The van der Waals surface area contributed by atoms with Crippen molar-refractivity contribution in [1.82, 2.24) is 9.55 Å². The Balaban J connectivity index is 2.40. The molecule has 0 aliphatic heterocycles. The maximum Gasteiger partial charge on any atom is 0.434 e. The lowest BCUT2D eigenvalue weighted by Gasteiger charge is -2.10. The highest BCUT2D eigenvalue weighted by Gasteiger charge is 2.36. The minimum absolute atomic E-state index is 0.170. The van der Waals surface area contributed by atoms with E-state index in [9.17, 15) is 18.0 Å². The Morgan fingerprint density at radius 1 is 1.21 bits per heavy atom. The standard InChI is InChI=1S/C12H8BrF3N2O/c13-9-10(12(14,15)16)17-7-18(11(9)19)6-8-4-2-1-3-5-8/h1-5,7H,6H2. The molecule has 0 spiro atoms. The van der Waals surface area contributed by atoms with Crippen LogP contribution in [-0.2, 0) is 12.7 Å². The molecule has 0 aliphatic carbocycles. The molecule has 0 aliphatic rings. The molecule has 3 nitrogen and oxygen atoms in total. The van der Waals surface area contributed by atoms with Gasteiger partial charge < -0.3 is 0 Å². The molecule has 1 heterocycles. The molecule has 0 amide bonds. The molecular formula is C12H8BrF3N2O. The van der Waals surface area contributed by atoms with E-state index < -0.39 is 21.9 Å². The van der Waals surface area contributed by atoms with Crippen LogP contribution in [-0.4, -0.2) is 9.55 Å². The van der Waals surface area contributed by atoms with Gasteiger partial charge in [-0.25, -0.2) is 4.98 Å². The van der Waals surface area contributed by atoms with Crippen LogP contribution in [0.25, 0.3) is 0 Å². The lowest BCUT2D eigenvalue weighted by Crippen LogP contribution is -2.26. The van der Waals surface area contributed by atoms with Crippen LogP contribution in [0, 0.1) is 0 Å². The van der Waals surface area contributed by atoms with Crippen LogP contribution in [0.5, 0.6) is 0 Å². The second-order valence-electron chi connectivity index (χ2n) is 3.82. The van der Waals surface area contributed by atoms with Crippen molar-refractivity contribution in [3.8, 4) is 0 Å². The molecule has 0 atom stereocenters. The van der Waals surface area contributed by atoms with Gasteiger partial charge in [0.25, 0.3) is 5.56 Å². The molecule has 0 radical (unpaired) electrons. The SMILES string of the molecule is O=c1c(Br)c(C(F)(F)F)ncn1Cc1ccccc1. The van der Waals surface area contributed by atoms with Crippen molar-refractivity contribution >= 4 is 15.9 Å². The van der Waals surface area contributed by atoms with Crippen molar-refractivity contribution in [2.45, 2.75) is 12.7 Å². The summed E-state index contributed by atoms with van der Waals surface area (Å²) in [6, 6.07) is 8.93. The van der Waals surface area contributed by atoms with Gasteiger partial charge in [-0.1, -0.05) is 30.3 Å². The van der Waals surface area contributed by atoms with Crippen LogP contribution >= 0.6 is 15.9 Å². The molecule has 0 fully saturated rings. The van der Waals surface area contributed by atoms with E-state index >= 15 is 0 Å². The van der Waals surface area contributed by atoms with Crippen molar-refractivity contribution in [2.75, 3.05) is 0 Å². The second kappa shape index (κ2) is 5.16. The zero-order valence-corrected chi connectivity index (χ0v) is 11.1. The van der Waals surface area contributed by atoms with Crippen LogP contribution < -0.4 is 5.56 Å². The number of aromatic nitrogens is 2. The molecule has 100 valence electrons. The topological polar surface area (TPSA) is 34.9 Å². The van der Waals surface area contributed by atoms with Crippen molar-refractivity contribution in [1.29, 1.82) is 0 Å². The predicted octanol–water partition coefficient (Wildman–Crippen LogP) is 3.07. The van der Waals surface area contributed by atoms with Crippen LogP contribution in [0.2, 0.25) is 0 Å². The maximum absolute atomic E-state index is 12.5. The largest absolute Gasteiger partial charge is 0.434 e. The number of nitrogens with zero attached hydrogens (tertiary/aromatic N) is 2. The summed E-state index contributed by atoms with van der Waals surface area (Å²) in [6.07, 6.45) is -3.74. The quantitative estimate of drug-likeness (QED) is 0.847. The monoisotopic (exact) mass is 332 g/mol. The molecule has 0 unspecified atom stereocenters. The zero-order valence-electron chi connectivity index (χ0n) is 9.49. The van der Waals surface area contributed by atoms with Gasteiger partial charge in [0.05, 0.1) is 12.9 Å². The average molecular weight is 333 g/mol. The first-order valence-electron chi connectivity index (χ1n) is 5.25. The molecule has 0 N–H and O–H groups in total. The first-order valence-corrected chi connectivity index (χ1v) is 6.05. The number of rotatable bonds is 2. The molecule has 0 saturated carbocycles. The zero-order chi connectivity index (χ0) is 14.0. The van der Waals surface area contributed by atoms with Gasteiger partial charge in [0, 0.05) is 0 Å². The van der Waals surface area contributed by atoms with Gasteiger partial charge in [-0.15, -0.1) is 0 Å². The summed E-state index contributed by atoms with van der Waals surface area (Å²) in [6.45, 7) is 0.170.